The minimum Gasteiger partial charge on any atom is -0.519 e. The summed E-state index contributed by atoms with van der Waals surface area (Å²) in [5.41, 5.74) is 0. The Morgan fingerprint density at radius 3 is 1.42 bits per heavy atom. The van der Waals surface area contributed by atoms with Crippen molar-refractivity contribution >= 4 is 0 Å². The molecule has 0 amide bonds. The number of hydrogen-bond acceptors (Lipinski definition) is 3. The summed E-state index contributed by atoms with van der Waals surface area (Å²) in [5.74, 6) is 0.398. The maximum Gasteiger partial charge on any atom is 0 e. The summed E-state index contributed by atoms with van der Waals surface area (Å²) in [6.45, 7) is 3.40. The van der Waals surface area contributed by atoms with Gasteiger partial charge in [-0.05, 0) is 0 Å². The predicted octanol–water partition coefficient (Wildman–Crippen LogP) is 0.0945. The van der Waals surface area contributed by atoms with Crippen LogP contribution in [0.25, 0.3) is 0 Å². The molecule has 0 aliphatic heterocycles. The molecule has 56 valence electrons. The van der Waals surface area contributed by atoms with Crippen LogP contribution in [0.3, 0.4) is 0 Å². The molecular formula is C5H5N3Y4-4. The van der Waals surface area contributed by atoms with E-state index in [9.17, 15) is 0 Å². The maximum atomic E-state index is 3.49. The summed E-state index contributed by atoms with van der Waals surface area (Å²) in [6.07, 6.45) is 4.56. The molecular weight excluding hydrogens is 458 g/mol. The van der Waals surface area contributed by atoms with E-state index < -0.39 is 0 Å². The first-order valence-corrected chi connectivity index (χ1v) is 1.70. The third-order valence-electron chi connectivity index (χ3n) is 0.458. The number of nitrogens with zero attached hydrogens (tertiary/aromatic N) is 3. The number of hydrogen-bond donors (Lipinski definition) is 0. The molecule has 0 aliphatic rings. The van der Waals surface area contributed by atoms with E-state index in [1.165, 1.54) is 0 Å². The summed E-state index contributed by atoms with van der Waals surface area (Å²) in [5, 5.41) is 0. The Morgan fingerprint density at radius 1 is 0.917 bits per heavy atom. The first-order valence-electron chi connectivity index (χ1n) is 1.70. The van der Waals surface area contributed by atoms with Gasteiger partial charge in [0.1, 0.15) is 0 Å². The second-order valence-corrected chi connectivity index (χ2v) is 0.952. The molecule has 1 rings (SSSR count). The summed E-state index contributed by atoms with van der Waals surface area (Å²) in [4.78, 5) is 10.3. The second-order valence-electron chi connectivity index (χ2n) is 0.952. The van der Waals surface area contributed by atoms with E-state index in [4.69, 9.17) is 0 Å². The molecule has 0 saturated carbocycles. The Bertz CT molecular complexity index is 149. The van der Waals surface area contributed by atoms with E-state index in [2.05, 4.69) is 34.5 Å². The van der Waals surface area contributed by atoms with E-state index in [1.807, 2.05) is 0 Å². The Kier molecular flexibility index (Phi) is 48.7. The molecule has 0 fully saturated rings. The van der Waals surface area contributed by atoms with Crippen molar-refractivity contribution < 1.29 is 131 Å². The average Bonchev–Trinajstić information content (AvgIpc) is 1.69. The van der Waals surface area contributed by atoms with Crippen molar-refractivity contribution in [3.63, 3.8) is 0 Å². The van der Waals surface area contributed by atoms with Crippen molar-refractivity contribution in [2.24, 2.45) is 0 Å². The molecule has 7 heteroatoms. The van der Waals surface area contributed by atoms with Crippen LogP contribution in [-0.4, -0.2) is 15.0 Å². The van der Waals surface area contributed by atoms with Crippen LogP contribution in [0.2, 0.25) is 0 Å². The summed E-state index contributed by atoms with van der Waals surface area (Å²) in [7, 11) is 0. The smallest absolute Gasteiger partial charge is 0 e. The zero-order chi connectivity index (χ0) is 5.11. The molecule has 3 nitrogen and oxygen atoms in total. The van der Waals surface area contributed by atoms with Crippen LogP contribution in [0, 0.1) is 27.0 Å². The molecule has 1 aromatic rings. The normalized spacial score (nSPS) is 5.00. The summed E-state index contributed by atoms with van der Waals surface area (Å²) >= 11 is 0. The molecule has 0 spiro atoms. The van der Waals surface area contributed by atoms with Crippen molar-refractivity contribution in [2.75, 3.05) is 0 Å². The average molecular weight is 463 g/mol. The molecule has 0 aliphatic carbocycles. The minimum atomic E-state index is 0. The SMILES string of the molecule is [CH2-]c1n[c-]n[c-]n1.[CH3-].[Y].[Y].[Y].[Y]. The van der Waals surface area contributed by atoms with E-state index in [1.54, 1.807) is 0 Å². The largest absolute Gasteiger partial charge is 0.519 e. The van der Waals surface area contributed by atoms with Gasteiger partial charge in [0, 0.05) is 131 Å². The molecule has 0 aromatic carbocycles. The van der Waals surface area contributed by atoms with Gasteiger partial charge in [-0.25, -0.2) is 0 Å². The van der Waals surface area contributed by atoms with Gasteiger partial charge in [-0.15, -0.1) is 0 Å². The third kappa shape index (κ3) is 15.8. The second kappa shape index (κ2) is 19.8. The van der Waals surface area contributed by atoms with Crippen LogP contribution < -0.4 is 0 Å². The minimum absolute atomic E-state index is 0. The van der Waals surface area contributed by atoms with E-state index in [-0.39, 0.29) is 138 Å². The molecule has 4 radical (unpaired) electrons. The van der Waals surface area contributed by atoms with Gasteiger partial charge in [0.05, 0.1) is 0 Å². The molecule has 1 aromatic heterocycles. The van der Waals surface area contributed by atoms with Crippen molar-refractivity contribution in [3.05, 3.63) is 32.8 Å². The maximum absolute atomic E-state index is 3.49. The van der Waals surface area contributed by atoms with Crippen molar-refractivity contribution in [2.45, 2.75) is 0 Å². The Hall–Kier alpha value is 3.30. The van der Waals surface area contributed by atoms with Crippen molar-refractivity contribution in [1.82, 2.24) is 15.0 Å². The van der Waals surface area contributed by atoms with Gasteiger partial charge >= 0.3 is 0 Å². The summed E-state index contributed by atoms with van der Waals surface area (Å²) < 4.78 is 0. The van der Waals surface area contributed by atoms with Gasteiger partial charge in [0.2, 0.25) is 0 Å². The first-order chi connectivity index (χ1) is 3.39. The summed E-state index contributed by atoms with van der Waals surface area (Å²) in [6, 6.07) is 0. The zero-order valence-electron chi connectivity index (χ0n) is 6.86. The first kappa shape index (κ1) is 29.5. The Morgan fingerprint density at radius 2 is 1.25 bits per heavy atom. The van der Waals surface area contributed by atoms with E-state index in [0.717, 1.165) is 0 Å². The van der Waals surface area contributed by atoms with Crippen LogP contribution >= 0.6 is 0 Å². The van der Waals surface area contributed by atoms with Gasteiger partial charge in [-0.1, -0.05) is 0 Å². The molecule has 1 heterocycles. The van der Waals surface area contributed by atoms with Crippen LogP contribution in [0.15, 0.2) is 0 Å². The Labute approximate surface area is 174 Å². The number of aromatic nitrogens is 3. The fourth-order valence-electron chi connectivity index (χ4n) is 0.213. The van der Waals surface area contributed by atoms with Gasteiger partial charge in [0.15, 0.2) is 0 Å². The van der Waals surface area contributed by atoms with Gasteiger partial charge in [0.25, 0.3) is 0 Å². The van der Waals surface area contributed by atoms with Crippen LogP contribution in [-0.2, 0) is 131 Å². The standard InChI is InChI=1S/C4H2N3.CH3.4Y/c1-4-6-2-5-3-7-4;;;;;/h1H2;1H3;;;;/q-3;-1;;;;. The Balaban J connectivity index is -0.0000000327. The quantitative estimate of drug-likeness (QED) is 0.513. The van der Waals surface area contributed by atoms with Crippen LogP contribution in [0.1, 0.15) is 5.82 Å². The van der Waals surface area contributed by atoms with Gasteiger partial charge in [-0.3, -0.25) is 5.82 Å². The van der Waals surface area contributed by atoms with E-state index >= 15 is 0 Å². The van der Waals surface area contributed by atoms with Crippen molar-refractivity contribution in [3.8, 4) is 0 Å². The van der Waals surface area contributed by atoms with Gasteiger partial charge < -0.3 is 29.3 Å². The van der Waals surface area contributed by atoms with Gasteiger partial charge in [-0.2, -0.15) is 12.7 Å². The van der Waals surface area contributed by atoms with Crippen molar-refractivity contribution in [1.29, 1.82) is 0 Å². The zero-order valence-corrected chi connectivity index (χ0v) is 18.2. The molecule has 0 atom stereocenters. The fourth-order valence-corrected chi connectivity index (χ4v) is 0.213. The van der Waals surface area contributed by atoms with Crippen LogP contribution in [0.4, 0.5) is 0 Å². The fraction of sp³-hybridized carbons (Fsp3) is 0. The monoisotopic (exact) mass is 463 g/mol. The molecule has 12 heavy (non-hydrogen) atoms. The molecule has 0 bridgehead atoms. The molecule has 0 unspecified atom stereocenters. The molecule has 0 N–H and O–H groups in total. The van der Waals surface area contributed by atoms with E-state index in [0.29, 0.717) is 5.82 Å². The molecule has 0 saturated heterocycles. The topological polar surface area (TPSA) is 38.7 Å². The number of rotatable bonds is 0. The van der Waals surface area contributed by atoms with Crippen LogP contribution in [0.5, 0.6) is 0 Å². The third-order valence-corrected chi connectivity index (χ3v) is 0.458. The predicted molar refractivity (Wildman–Crippen MR) is 28.4 cm³/mol.